The fraction of sp³-hybridized carbons (Fsp3) is 1.00. The van der Waals surface area contributed by atoms with Crippen molar-refractivity contribution >= 4 is 0 Å². The first-order chi connectivity index (χ1) is 11.3. The topological polar surface area (TPSA) is 27.7 Å². The Morgan fingerprint density at radius 3 is 2.17 bits per heavy atom. The van der Waals surface area contributed by atoms with Gasteiger partial charge in [-0.2, -0.15) is 0 Å². The van der Waals surface area contributed by atoms with Crippen LogP contribution in [0.5, 0.6) is 0 Å². The first kappa shape index (κ1) is 20.9. The Balaban J connectivity index is 1.77. The molecule has 2 atom stereocenters. The molecule has 138 valence electrons. The van der Waals surface area contributed by atoms with Crippen LogP contribution in [0.3, 0.4) is 0 Å². The van der Waals surface area contributed by atoms with Gasteiger partial charge in [0, 0.05) is 13.2 Å². The summed E-state index contributed by atoms with van der Waals surface area (Å²) in [5, 5.41) is 0. The van der Waals surface area contributed by atoms with Gasteiger partial charge in [0.05, 0.1) is 12.7 Å². The Kier molecular flexibility index (Phi) is 14.0. The molecule has 23 heavy (non-hydrogen) atoms. The summed E-state index contributed by atoms with van der Waals surface area (Å²) >= 11 is 0. The van der Waals surface area contributed by atoms with Crippen LogP contribution in [0.25, 0.3) is 0 Å². The minimum atomic E-state index is -0.000300. The molecule has 1 rings (SSSR count). The van der Waals surface area contributed by atoms with Gasteiger partial charge in [0.2, 0.25) is 0 Å². The van der Waals surface area contributed by atoms with E-state index in [-0.39, 0.29) is 12.4 Å². The van der Waals surface area contributed by atoms with Gasteiger partial charge in [-0.15, -0.1) is 0 Å². The van der Waals surface area contributed by atoms with Gasteiger partial charge in [-0.1, -0.05) is 64.7 Å². The molecular weight excluding hydrogens is 288 g/mol. The molecule has 0 aromatic carbocycles. The average Bonchev–Trinajstić information content (AvgIpc) is 2.57. The standard InChI is InChI=1S/C20H40O3/c1-3-4-5-6-7-8-9-10-11-13-16-21-18-19(2)23-20-15-12-14-17-22-20/h19-20H,3-18H2,1-2H3/t19-,20?/m1/s1. The second-order valence-corrected chi connectivity index (χ2v) is 7.00. The molecule has 0 N–H and O–H groups in total. The molecule has 0 aromatic rings. The predicted molar refractivity (Wildman–Crippen MR) is 96.8 cm³/mol. The van der Waals surface area contributed by atoms with E-state index in [1.54, 1.807) is 0 Å². The highest BCUT2D eigenvalue weighted by Gasteiger charge is 2.17. The zero-order valence-electron chi connectivity index (χ0n) is 15.7. The Bertz CT molecular complexity index is 239. The molecule has 0 spiro atoms. The average molecular weight is 329 g/mol. The van der Waals surface area contributed by atoms with E-state index < -0.39 is 0 Å². The highest BCUT2D eigenvalue weighted by Crippen LogP contribution is 2.15. The quantitative estimate of drug-likeness (QED) is 0.353. The Morgan fingerprint density at radius 1 is 0.913 bits per heavy atom. The highest BCUT2D eigenvalue weighted by molar-refractivity contribution is 4.57. The normalized spacial score (nSPS) is 19.8. The van der Waals surface area contributed by atoms with Crippen LogP contribution in [-0.2, 0) is 14.2 Å². The molecule has 0 aliphatic carbocycles. The molecule has 1 fully saturated rings. The van der Waals surface area contributed by atoms with E-state index >= 15 is 0 Å². The molecule has 0 radical (unpaired) electrons. The zero-order valence-corrected chi connectivity index (χ0v) is 15.7. The largest absolute Gasteiger partial charge is 0.379 e. The van der Waals surface area contributed by atoms with Crippen LogP contribution in [0, 0.1) is 0 Å². The lowest BCUT2D eigenvalue weighted by molar-refractivity contribution is -0.193. The van der Waals surface area contributed by atoms with Gasteiger partial charge in [0.1, 0.15) is 0 Å². The van der Waals surface area contributed by atoms with E-state index in [1.807, 2.05) is 0 Å². The van der Waals surface area contributed by atoms with Crippen molar-refractivity contribution < 1.29 is 14.2 Å². The lowest BCUT2D eigenvalue weighted by Gasteiger charge is -2.25. The molecule has 1 aliphatic rings. The van der Waals surface area contributed by atoms with Gasteiger partial charge in [0.15, 0.2) is 6.29 Å². The van der Waals surface area contributed by atoms with Crippen LogP contribution >= 0.6 is 0 Å². The van der Waals surface area contributed by atoms with Crippen molar-refractivity contribution in [3.05, 3.63) is 0 Å². The van der Waals surface area contributed by atoms with Crippen LogP contribution in [0.1, 0.15) is 97.3 Å². The number of hydrogen-bond donors (Lipinski definition) is 0. The van der Waals surface area contributed by atoms with Crippen LogP contribution < -0.4 is 0 Å². The van der Waals surface area contributed by atoms with Crippen molar-refractivity contribution in [1.29, 1.82) is 0 Å². The summed E-state index contributed by atoms with van der Waals surface area (Å²) in [6.07, 6.45) is 17.2. The van der Waals surface area contributed by atoms with E-state index in [0.29, 0.717) is 6.61 Å². The molecule has 1 heterocycles. The predicted octanol–water partition coefficient (Wildman–Crippen LogP) is 5.86. The van der Waals surface area contributed by atoms with E-state index in [0.717, 1.165) is 19.6 Å². The van der Waals surface area contributed by atoms with Crippen molar-refractivity contribution in [2.45, 2.75) is 110 Å². The van der Waals surface area contributed by atoms with E-state index in [1.165, 1.54) is 77.0 Å². The van der Waals surface area contributed by atoms with Crippen molar-refractivity contribution in [1.82, 2.24) is 0 Å². The fourth-order valence-corrected chi connectivity index (χ4v) is 3.06. The smallest absolute Gasteiger partial charge is 0.158 e. The van der Waals surface area contributed by atoms with Crippen LogP contribution in [-0.4, -0.2) is 32.2 Å². The molecule has 1 unspecified atom stereocenters. The van der Waals surface area contributed by atoms with Crippen molar-refractivity contribution in [2.75, 3.05) is 19.8 Å². The molecule has 0 aromatic heterocycles. The Hall–Kier alpha value is -0.120. The number of rotatable bonds is 15. The third-order valence-corrected chi connectivity index (χ3v) is 4.52. The minimum Gasteiger partial charge on any atom is -0.379 e. The summed E-state index contributed by atoms with van der Waals surface area (Å²) in [7, 11) is 0. The summed E-state index contributed by atoms with van der Waals surface area (Å²) in [5.74, 6) is 0. The van der Waals surface area contributed by atoms with Gasteiger partial charge >= 0.3 is 0 Å². The number of unbranched alkanes of at least 4 members (excludes halogenated alkanes) is 9. The summed E-state index contributed by atoms with van der Waals surface area (Å²) < 4.78 is 17.2. The maximum Gasteiger partial charge on any atom is 0.158 e. The summed E-state index contributed by atoms with van der Waals surface area (Å²) in [6, 6.07) is 0. The highest BCUT2D eigenvalue weighted by atomic mass is 16.7. The van der Waals surface area contributed by atoms with Crippen LogP contribution in [0.2, 0.25) is 0 Å². The molecule has 1 saturated heterocycles. The maximum absolute atomic E-state index is 5.84. The number of ether oxygens (including phenoxy) is 3. The van der Waals surface area contributed by atoms with Crippen molar-refractivity contribution in [3.8, 4) is 0 Å². The SMILES string of the molecule is CCCCCCCCCCCCOC[C@@H](C)OC1CCCCO1. The maximum atomic E-state index is 5.84. The minimum absolute atomic E-state index is 0.000300. The third-order valence-electron chi connectivity index (χ3n) is 4.52. The van der Waals surface area contributed by atoms with E-state index in [2.05, 4.69) is 13.8 Å². The van der Waals surface area contributed by atoms with Gasteiger partial charge < -0.3 is 14.2 Å². The second kappa shape index (κ2) is 15.4. The van der Waals surface area contributed by atoms with Gasteiger partial charge in [-0.3, -0.25) is 0 Å². The molecule has 3 heteroatoms. The molecule has 0 amide bonds. The van der Waals surface area contributed by atoms with Gasteiger partial charge in [-0.25, -0.2) is 0 Å². The monoisotopic (exact) mass is 328 g/mol. The lowest BCUT2D eigenvalue weighted by atomic mass is 10.1. The van der Waals surface area contributed by atoms with Crippen LogP contribution in [0.15, 0.2) is 0 Å². The zero-order chi connectivity index (χ0) is 16.6. The molecule has 3 nitrogen and oxygen atoms in total. The van der Waals surface area contributed by atoms with Gasteiger partial charge in [-0.05, 0) is 32.6 Å². The Labute approximate surface area is 144 Å². The third kappa shape index (κ3) is 12.9. The second-order valence-electron chi connectivity index (χ2n) is 7.00. The summed E-state index contributed by atoms with van der Waals surface area (Å²) in [6.45, 7) is 6.76. The summed E-state index contributed by atoms with van der Waals surface area (Å²) in [5.41, 5.74) is 0. The molecule has 1 aliphatic heterocycles. The molecule has 0 saturated carbocycles. The summed E-state index contributed by atoms with van der Waals surface area (Å²) in [4.78, 5) is 0. The van der Waals surface area contributed by atoms with E-state index in [9.17, 15) is 0 Å². The molecular formula is C20H40O3. The first-order valence-electron chi connectivity index (χ1n) is 10.2. The lowest BCUT2D eigenvalue weighted by Crippen LogP contribution is -2.28. The molecule has 0 bridgehead atoms. The van der Waals surface area contributed by atoms with E-state index in [4.69, 9.17) is 14.2 Å². The van der Waals surface area contributed by atoms with Crippen molar-refractivity contribution in [3.63, 3.8) is 0 Å². The van der Waals surface area contributed by atoms with Crippen molar-refractivity contribution in [2.24, 2.45) is 0 Å². The Morgan fingerprint density at radius 2 is 1.57 bits per heavy atom. The van der Waals surface area contributed by atoms with Crippen LogP contribution in [0.4, 0.5) is 0 Å². The number of hydrogen-bond acceptors (Lipinski definition) is 3. The van der Waals surface area contributed by atoms with Gasteiger partial charge in [0.25, 0.3) is 0 Å². The fourth-order valence-electron chi connectivity index (χ4n) is 3.06. The first-order valence-corrected chi connectivity index (χ1v) is 10.2.